The minimum atomic E-state index is -0.391. The van der Waals surface area contributed by atoms with Crippen LogP contribution in [0, 0.1) is 5.92 Å². The summed E-state index contributed by atoms with van der Waals surface area (Å²) in [5.74, 6) is 0.103. The molecule has 0 spiro atoms. The molecule has 2 saturated heterocycles. The zero-order valence-electron chi connectivity index (χ0n) is 9.86. The number of nitrogens with one attached hydrogen (secondary N) is 2. The molecule has 2 atom stereocenters. The second-order valence-corrected chi connectivity index (χ2v) is 4.75. The first kappa shape index (κ1) is 11.9. The fraction of sp³-hybridized carbons (Fsp3) is 0.727. The zero-order valence-corrected chi connectivity index (χ0v) is 9.86. The number of nitrogens with zero attached hydrogens (tertiary/aromatic N) is 1. The van der Waals surface area contributed by atoms with E-state index in [1.807, 2.05) is 0 Å². The molecular formula is C11H17N3O3. The maximum atomic E-state index is 11.7. The van der Waals surface area contributed by atoms with E-state index in [0.29, 0.717) is 32.4 Å². The first-order chi connectivity index (χ1) is 8.06. The molecule has 2 rings (SSSR count). The van der Waals surface area contributed by atoms with Crippen LogP contribution in [-0.4, -0.2) is 48.8 Å². The van der Waals surface area contributed by atoms with Crippen molar-refractivity contribution in [2.24, 2.45) is 5.92 Å². The number of amides is 3. The van der Waals surface area contributed by atoms with Gasteiger partial charge in [0.05, 0.1) is 0 Å². The third kappa shape index (κ3) is 2.75. The van der Waals surface area contributed by atoms with Crippen molar-refractivity contribution in [3.63, 3.8) is 0 Å². The van der Waals surface area contributed by atoms with Crippen molar-refractivity contribution in [2.45, 2.75) is 25.3 Å². The van der Waals surface area contributed by atoms with E-state index in [-0.39, 0.29) is 23.6 Å². The quantitative estimate of drug-likeness (QED) is 0.653. The van der Waals surface area contributed by atoms with Crippen LogP contribution in [0.15, 0.2) is 0 Å². The van der Waals surface area contributed by atoms with Crippen LogP contribution in [0.25, 0.3) is 0 Å². The molecule has 2 unspecified atom stereocenters. The van der Waals surface area contributed by atoms with Crippen molar-refractivity contribution in [3.8, 4) is 0 Å². The third-order valence-electron chi connectivity index (χ3n) is 3.30. The van der Waals surface area contributed by atoms with Crippen LogP contribution in [0.5, 0.6) is 0 Å². The average Bonchev–Trinajstić information content (AvgIpc) is 2.83. The summed E-state index contributed by atoms with van der Waals surface area (Å²) in [6.07, 6.45) is 1.48. The van der Waals surface area contributed by atoms with Gasteiger partial charge in [0.2, 0.25) is 17.7 Å². The molecule has 0 bridgehead atoms. The van der Waals surface area contributed by atoms with E-state index in [9.17, 15) is 14.4 Å². The minimum absolute atomic E-state index is 0.0686. The normalized spacial score (nSPS) is 28.4. The molecule has 0 saturated carbocycles. The predicted molar refractivity (Wildman–Crippen MR) is 59.9 cm³/mol. The summed E-state index contributed by atoms with van der Waals surface area (Å²) in [7, 11) is 1.77. The standard InChI is InChI=1S/C11H17N3O3/c1-14-6-7(4-10(14)16)5-12-11(17)8-2-3-9(15)13-8/h7-8H,2-6H2,1H3,(H,12,17)(H,13,15). The van der Waals surface area contributed by atoms with Crippen molar-refractivity contribution in [2.75, 3.05) is 20.1 Å². The Morgan fingerprint density at radius 3 is 2.82 bits per heavy atom. The van der Waals surface area contributed by atoms with Crippen LogP contribution >= 0.6 is 0 Å². The smallest absolute Gasteiger partial charge is 0.242 e. The highest BCUT2D eigenvalue weighted by atomic mass is 16.2. The van der Waals surface area contributed by atoms with E-state index in [4.69, 9.17) is 0 Å². The van der Waals surface area contributed by atoms with Crippen molar-refractivity contribution >= 4 is 17.7 Å². The summed E-state index contributed by atoms with van der Waals surface area (Å²) in [6.45, 7) is 1.19. The monoisotopic (exact) mass is 239 g/mol. The molecule has 2 fully saturated rings. The average molecular weight is 239 g/mol. The molecule has 17 heavy (non-hydrogen) atoms. The molecule has 0 aliphatic carbocycles. The molecule has 2 aliphatic heterocycles. The summed E-state index contributed by atoms with van der Waals surface area (Å²) >= 11 is 0. The van der Waals surface area contributed by atoms with Crippen molar-refractivity contribution < 1.29 is 14.4 Å². The number of hydrogen-bond donors (Lipinski definition) is 2. The van der Waals surface area contributed by atoms with Gasteiger partial charge in [0.1, 0.15) is 6.04 Å². The SMILES string of the molecule is CN1CC(CNC(=O)C2CCC(=O)N2)CC1=O. The largest absolute Gasteiger partial charge is 0.354 e. The molecule has 2 aliphatic rings. The molecule has 0 aromatic carbocycles. The first-order valence-electron chi connectivity index (χ1n) is 5.87. The molecule has 6 nitrogen and oxygen atoms in total. The lowest BCUT2D eigenvalue weighted by molar-refractivity contribution is -0.127. The second-order valence-electron chi connectivity index (χ2n) is 4.75. The van der Waals surface area contributed by atoms with Crippen LogP contribution in [0.3, 0.4) is 0 Å². The molecule has 0 aromatic rings. The van der Waals surface area contributed by atoms with Gasteiger partial charge in [0.15, 0.2) is 0 Å². The first-order valence-corrected chi connectivity index (χ1v) is 5.87. The van der Waals surface area contributed by atoms with Gasteiger partial charge in [-0.1, -0.05) is 0 Å². The van der Waals surface area contributed by atoms with Gasteiger partial charge in [0, 0.05) is 38.9 Å². The number of rotatable bonds is 3. The number of likely N-dealkylation sites (tertiary alicyclic amines) is 1. The van der Waals surface area contributed by atoms with Gasteiger partial charge in [-0.05, 0) is 6.42 Å². The number of carbonyl (C=O) groups excluding carboxylic acids is 3. The molecular weight excluding hydrogens is 222 g/mol. The lowest BCUT2D eigenvalue weighted by Gasteiger charge is -2.14. The van der Waals surface area contributed by atoms with E-state index in [0.717, 1.165) is 0 Å². The predicted octanol–water partition coefficient (Wildman–Crippen LogP) is -1.14. The minimum Gasteiger partial charge on any atom is -0.354 e. The maximum absolute atomic E-state index is 11.7. The van der Waals surface area contributed by atoms with Gasteiger partial charge in [-0.3, -0.25) is 14.4 Å². The lowest BCUT2D eigenvalue weighted by atomic mass is 10.1. The fourth-order valence-corrected chi connectivity index (χ4v) is 2.27. The highest BCUT2D eigenvalue weighted by Crippen LogP contribution is 2.15. The van der Waals surface area contributed by atoms with Gasteiger partial charge < -0.3 is 15.5 Å². The van der Waals surface area contributed by atoms with Crippen LogP contribution in [0.2, 0.25) is 0 Å². The highest BCUT2D eigenvalue weighted by molar-refractivity contribution is 5.90. The topological polar surface area (TPSA) is 78.5 Å². The molecule has 2 N–H and O–H groups in total. The Morgan fingerprint density at radius 2 is 2.29 bits per heavy atom. The Hall–Kier alpha value is -1.59. The Labute approximate surface area is 99.7 Å². The summed E-state index contributed by atoms with van der Waals surface area (Å²) in [5, 5.41) is 5.41. The third-order valence-corrected chi connectivity index (χ3v) is 3.30. The van der Waals surface area contributed by atoms with Crippen molar-refractivity contribution in [3.05, 3.63) is 0 Å². The fourth-order valence-electron chi connectivity index (χ4n) is 2.27. The zero-order chi connectivity index (χ0) is 12.4. The van der Waals surface area contributed by atoms with Crippen LogP contribution in [-0.2, 0) is 14.4 Å². The molecule has 0 radical (unpaired) electrons. The van der Waals surface area contributed by atoms with Gasteiger partial charge in [0.25, 0.3) is 0 Å². The molecule has 94 valence electrons. The van der Waals surface area contributed by atoms with E-state index in [2.05, 4.69) is 10.6 Å². The molecule has 3 amide bonds. The van der Waals surface area contributed by atoms with E-state index in [1.54, 1.807) is 11.9 Å². The lowest BCUT2D eigenvalue weighted by Crippen LogP contribution is -2.43. The molecule has 2 heterocycles. The van der Waals surface area contributed by atoms with Gasteiger partial charge in [-0.25, -0.2) is 0 Å². The Balaban J connectivity index is 1.73. The highest BCUT2D eigenvalue weighted by Gasteiger charge is 2.30. The number of hydrogen-bond acceptors (Lipinski definition) is 3. The van der Waals surface area contributed by atoms with Gasteiger partial charge in [-0.2, -0.15) is 0 Å². The summed E-state index contributed by atoms with van der Waals surface area (Å²) < 4.78 is 0. The summed E-state index contributed by atoms with van der Waals surface area (Å²) in [4.78, 5) is 35.6. The van der Waals surface area contributed by atoms with Crippen LogP contribution in [0.4, 0.5) is 0 Å². The maximum Gasteiger partial charge on any atom is 0.242 e. The Bertz CT molecular complexity index is 356. The molecule has 0 aromatic heterocycles. The van der Waals surface area contributed by atoms with Crippen molar-refractivity contribution in [1.82, 2.24) is 15.5 Å². The Morgan fingerprint density at radius 1 is 1.53 bits per heavy atom. The van der Waals surface area contributed by atoms with E-state index >= 15 is 0 Å². The van der Waals surface area contributed by atoms with Gasteiger partial charge in [-0.15, -0.1) is 0 Å². The summed E-state index contributed by atoms with van der Waals surface area (Å²) in [6, 6.07) is -0.391. The van der Waals surface area contributed by atoms with Crippen LogP contribution < -0.4 is 10.6 Å². The number of carbonyl (C=O) groups is 3. The van der Waals surface area contributed by atoms with Crippen LogP contribution in [0.1, 0.15) is 19.3 Å². The van der Waals surface area contributed by atoms with E-state index < -0.39 is 6.04 Å². The summed E-state index contributed by atoms with van der Waals surface area (Å²) in [5.41, 5.74) is 0. The second kappa shape index (κ2) is 4.73. The van der Waals surface area contributed by atoms with Gasteiger partial charge >= 0.3 is 0 Å². The van der Waals surface area contributed by atoms with Crippen molar-refractivity contribution in [1.29, 1.82) is 0 Å². The van der Waals surface area contributed by atoms with E-state index in [1.165, 1.54) is 0 Å². The molecule has 6 heteroatoms. The Kier molecular flexibility index (Phi) is 3.31.